The number of Topliss-reactive ketones (excluding diaryl/α,β-unsaturated/α-hetero) is 1. The van der Waals surface area contributed by atoms with E-state index in [0.717, 1.165) is 5.56 Å². The number of aliphatic hydroxyl groups excluding tert-OH is 3. The maximum atomic E-state index is 14.7. The van der Waals surface area contributed by atoms with E-state index in [1.165, 1.54) is 6.92 Å². The van der Waals surface area contributed by atoms with Gasteiger partial charge in [-0.2, -0.15) is 0 Å². The van der Waals surface area contributed by atoms with Gasteiger partial charge < -0.3 is 53.8 Å². The molecule has 3 aliphatic heterocycles. The van der Waals surface area contributed by atoms with Crippen molar-refractivity contribution in [3.63, 3.8) is 0 Å². The summed E-state index contributed by atoms with van der Waals surface area (Å²) in [5, 5.41) is 49.2. The quantitative estimate of drug-likeness (QED) is 0.181. The predicted molar refractivity (Wildman–Crippen MR) is 237 cm³/mol. The Labute approximate surface area is 379 Å². The molecule has 1 amide bonds. The lowest BCUT2D eigenvalue weighted by Gasteiger charge is -2.49. The number of esters is 1. The van der Waals surface area contributed by atoms with Gasteiger partial charge in [0.1, 0.15) is 30.0 Å². The van der Waals surface area contributed by atoms with Crippen LogP contribution in [0.15, 0.2) is 34.7 Å². The highest BCUT2D eigenvalue weighted by Crippen LogP contribution is 2.44. The molecule has 15 heteroatoms. The van der Waals surface area contributed by atoms with E-state index in [2.05, 4.69) is 10.3 Å². The number of nitrogens with zero attached hydrogens (tertiary/aromatic N) is 1. The van der Waals surface area contributed by atoms with Gasteiger partial charge in [-0.3, -0.25) is 14.4 Å². The van der Waals surface area contributed by atoms with Crippen molar-refractivity contribution in [1.29, 1.82) is 0 Å². The van der Waals surface area contributed by atoms with Crippen molar-refractivity contribution in [2.24, 2.45) is 40.4 Å². The van der Waals surface area contributed by atoms with Crippen LogP contribution in [-0.2, 0) is 44.5 Å². The largest absolute Gasteiger partial charge is 0.459 e. The minimum atomic E-state index is -2.16. The number of rotatable bonds is 10. The van der Waals surface area contributed by atoms with Crippen LogP contribution in [0.1, 0.15) is 120 Å². The van der Waals surface area contributed by atoms with Gasteiger partial charge in [0, 0.05) is 42.7 Å². The highest BCUT2D eigenvalue weighted by molar-refractivity contribution is 5.83. The monoisotopic (exact) mass is 901 g/mol. The second kappa shape index (κ2) is 20.7. The van der Waals surface area contributed by atoms with E-state index >= 15 is 0 Å². The fourth-order valence-corrected chi connectivity index (χ4v) is 10.3. The maximum absolute atomic E-state index is 14.7. The van der Waals surface area contributed by atoms with Gasteiger partial charge in [0.05, 0.1) is 48.2 Å². The maximum Gasteiger partial charge on any atom is 0.311 e. The van der Waals surface area contributed by atoms with E-state index in [4.69, 9.17) is 28.1 Å². The highest BCUT2D eigenvalue weighted by atomic mass is 16.7. The molecule has 0 bridgehead atoms. The van der Waals surface area contributed by atoms with Gasteiger partial charge in [-0.25, -0.2) is 4.98 Å². The summed E-state index contributed by atoms with van der Waals surface area (Å²) in [7, 11) is 0. The third-order valence-electron chi connectivity index (χ3n) is 14.1. The smallest absolute Gasteiger partial charge is 0.311 e. The number of carbonyl (C=O) groups excluding carboxylic acids is 3. The van der Waals surface area contributed by atoms with Crippen molar-refractivity contribution in [2.45, 2.75) is 189 Å². The second-order valence-corrected chi connectivity index (χ2v) is 20.8. The van der Waals surface area contributed by atoms with Crippen molar-refractivity contribution >= 4 is 17.7 Å². The number of nitrogens with one attached hydrogen (secondary N) is 1. The molecule has 64 heavy (non-hydrogen) atoms. The van der Waals surface area contributed by atoms with Crippen molar-refractivity contribution in [3.8, 4) is 11.3 Å². The number of hydrogen-bond donors (Lipinski definition) is 5. The minimum absolute atomic E-state index is 0.0792. The van der Waals surface area contributed by atoms with Gasteiger partial charge in [0.15, 0.2) is 18.3 Å². The van der Waals surface area contributed by atoms with Gasteiger partial charge in [0.25, 0.3) is 0 Å². The van der Waals surface area contributed by atoms with Crippen molar-refractivity contribution in [3.05, 3.63) is 41.9 Å². The van der Waals surface area contributed by atoms with Crippen LogP contribution < -0.4 is 5.32 Å². The lowest BCUT2D eigenvalue weighted by atomic mass is 9.69. The number of hydrogen-bond acceptors (Lipinski definition) is 14. The first-order valence-electron chi connectivity index (χ1n) is 23.2. The summed E-state index contributed by atoms with van der Waals surface area (Å²) in [5.74, 6) is -4.30. The number of ether oxygens (including phenoxy) is 5. The van der Waals surface area contributed by atoms with Gasteiger partial charge in [-0.15, -0.1) is 0 Å². The number of aromatic nitrogens is 1. The summed E-state index contributed by atoms with van der Waals surface area (Å²) in [4.78, 5) is 46.6. The molecular weight excluding hydrogens is 825 g/mol. The number of carbonyl (C=O) groups is 3. The van der Waals surface area contributed by atoms with Gasteiger partial charge in [0.2, 0.25) is 11.8 Å². The zero-order valence-corrected chi connectivity index (χ0v) is 40.2. The average molecular weight is 901 g/mol. The number of benzene rings is 1. The Kier molecular flexibility index (Phi) is 16.7. The Hall–Kier alpha value is -3.28. The van der Waals surface area contributed by atoms with Crippen molar-refractivity contribution in [1.82, 2.24) is 10.3 Å². The first-order valence-corrected chi connectivity index (χ1v) is 23.2. The zero-order valence-electron chi connectivity index (χ0n) is 40.2. The molecule has 3 saturated heterocycles. The third kappa shape index (κ3) is 11.8. The third-order valence-corrected chi connectivity index (χ3v) is 14.1. The topological polar surface area (TPSA) is 216 Å². The van der Waals surface area contributed by atoms with Crippen LogP contribution in [0.4, 0.5) is 0 Å². The molecule has 0 saturated carbocycles. The molecule has 5 N–H and O–H groups in total. The van der Waals surface area contributed by atoms with Gasteiger partial charge >= 0.3 is 5.97 Å². The molecule has 360 valence electrons. The van der Waals surface area contributed by atoms with Crippen LogP contribution in [0.5, 0.6) is 0 Å². The Bertz CT molecular complexity index is 1880. The molecule has 7 unspecified atom stereocenters. The molecule has 0 spiro atoms. The van der Waals surface area contributed by atoms with E-state index in [1.54, 1.807) is 34.6 Å². The molecule has 3 fully saturated rings. The van der Waals surface area contributed by atoms with E-state index in [1.807, 2.05) is 78.8 Å². The molecule has 16 atom stereocenters. The van der Waals surface area contributed by atoms with E-state index in [0.29, 0.717) is 24.3 Å². The summed E-state index contributed by atoms with van der Waals surface area (Å²) in [6, 6.07) is 9.42. The van der Waals surface area contributed by atoms with Crippen LogP contribution in [-0.4, -0.2) is 117 Å². The summed E-state index contributed by atoms with van der Waals surface area (Å²) < 4.78 is 38.2. The molecular formula is C49H76N2O13. The molecule has 1 aromatic heterocycles. The molecule has 1 aromatic carbocycles. The normalized spacial score (nSPS) is 38.8. The van der Waals surface area contributed by atoms with E-state index in [-0.39, 0.29) is 49.5 Å². The van der Waals surface area contributed by atoms with Crippen LogP contribution in [0, 0.1) is 47.3 Å². The lowest BCUT2D eigenvalue weighted by molar-refractivity contribution is -0.305. The van der Waals surface area contributed by atoms with Crippen LogP contribution in [0.25, 0.3) is 11.3 Å². The fraction of sp³-hybridized carbons (Fsp3) is 0.755. The van der Waals surface area contributed by atoms with Gasteiger partial charge in [-0.1, -0.05) is 85.7 Å². The number of aryl methyl sites for hydroxylation is 1. The zero-order chi connectivity index (χ0) is 47.6. The first kappa shape index (κ1) is 51.7. The summed E-state index contributed by atoms with van der Waals surface area (Å²) in [6.45, 7) is 23.3. The standard InChI is InChI=1S/C49H76N2O13/c1-25-21-27(3)59-46(39(25)54)64-44-29(5)40(63-37-24-47(9,10)43(56)32(8)60-37)30(6)45(57)61-34(49(13,58)42(55)28(4)38(53)26(2)23-48(44,11)12)19-20-50-35(52)22-36-51-31(7)41(62-36)33-17-15-14-16-18-33/h14-18,25-30,32,34,37,39-40,42-44,46,54-56,58H,19-24H2,1-13H3,(H,50,52)/t25?,26-,27?,28+,29+,30-,32?,34-,37?,39?,40+,42-,43?,44-,46?,49-/m1/s1. The van der Waals surface area contributed by atoms with Crippen LogP contribution >= 0.6 is 0 Å². The number of aliphatic hydroxyl groups is 4. The van der Waals surface area contributed by atoms with Crippen molar-refractivity contribution < 1.29 is 62.9 Å². The molecule has 0 aliphatic carbocycles. The summed E-state index contributed by atoms with van der Waals surface area (Å²) in [6.07, 6.45) is -8.37. The highest BCUT2D eigenvalue weighted by Gasteiger charge is 2.52. The molecule has 5 rings (SSSR count). The fourth-order valence-electron chi connectivity index (χ4n) is 10.3. The predicted octanol–water partition coefficient (Wildman–Crippen LogP) is 5.69. The number of oxazole rings is 1. The Balaban J connectivity index is 1.47. The molecule has 0 radical (unpaired) electrons. The molecule has 3 aliphatic rings. The molecule has 2 aromatic rings. The summed E-state index contributed by atoms with van der Waals surface area (Å²) in [5.41, 5.74) is -2.13. The minimum Gasteiger partial charge on any atom is -0.459 e. The Morgan fingerprint density at radius 3 is 2.17 bits per heavy atom. The van der Waals surface area contributed by atoms with Crippen LogP contribution in [0.3, 0.4) is 0 Å². The van der Waals surface area contributed by atoms with Crippen molar-refractivity contribution in [2.75, 3.05) is 6.54 Å². The van der Waals surface area contributed by atoms with Gasteiger partial charge in [-0.05, 0) is 64.2 Å². The summed E-state index contributed by atoms with van der Waals surface area (Å²) >= 11 is 0. The Morgan fingerprint density at radius 1 is 0.875 bits per heavy atom. The Morgan fingerprint density at radius 2 is 1.53 bits per heavy atom. The SMILES string of the molecule is Cc1nc(CC(=O)NCC[C@H]2OC(=O)[C@H](C)[C@@H](OC3CC(C)(C)C(O)C(C)O3)[C@H](C)[C@@H](OC3OC(C)CC(C)C3O)C(C)(C)C[C@@H](C)C(=O)[C@H](C)[C@@H](O)[C@]2(C)O)oc1-c1ccccc1. The first-order chi connectivity index (χ1) is 29.7. The number of amides is 1. The average Bonchev–Trinajstić information content (AvgIpc) is 3.59. The molecule has 4 heterocycles. The number of cyclic esters (lactones) is 1. The molecule has 15 nitrogen and oxygen atoms in total. The van der Waals surface area contributed by atoms with Crippen LogP contribution in [0.2, 0.25) is 0 Å². The second-order valence-electron chi connectivity index (χ2n) is 20.8. The lowest BCUT2D eigenvalue weighted by Crippen LogP contribution is -2.58. The number of ketones is 1. The van der Waals surface area contributed by atoms with E-state index in [9.17, 15) is 34.8 Å². The van der Waals surface area contributed by atoms with E-state index < -0.39 is 107 Å².